The second-order valence-electron chi connectivity index (χ2n) is 6.55. The first kappa shape index (κ1) is 18.1. The lowest BCUT2D eigenvalue weighted by atomic mass is 10.1. The van der Waals surface area contributed by atoms with Crippen LogP contribution in [0.25, 0.3) is 11.4 Å². The summed E-state index contributed by atoms with van der Waals surface area (Å²) in [7, 11) is 1.60. The number of methoxy groups -OCH3 is 1. The zero-order valence-corrected chi connectivity index (χ0v) is 15.6. The number of aromatic nitrogens is 3. The van der Waals surface area contributed by atoms with E-state index < -0.39 is 0 Å². The molecule has 0 aliphatic carbocycles. The summed E-state index contributed by atoms with van der Waals surface area (Å²) in [6, 6.07) is 11.0. The first-order chi connectivity index (χ1) is 13.7. The molecule has 4 rings (SSSR count). The Morgan fingerprint density at radius 2 is 2.04 bits per heavy atom. The third-order valence-corrected chi connectivity index (χ3v) is 4.72. The summed E-state index contributed by atoms with van der Waals surface area (Å²) in [5, 5.41) is 4.02. The molecule has 0 N–H and O–H groups in total. The molecule has 3 heterocycles. The maximum Gasteiger partial charge on any atom is 0.254 e. The van der Waals surface area contributed by atoms with Crippen LogP contribution in [0.2, 0.25) is 0 Å². The third-order valence-electron chi connectivity index (χ3n) is 4.72. The number of pyridine rings is 1. The average Bonchev–Trinajstić information content (AvgIpc) is 3.23. The van der Waals surface area contributed by atoms with Crippen molar-refractivity contribution in [2.45, 2.75) is 6.54 Å². The molecule has 3 aromatic rings. The molecule has 0 saturated carbocycles. The topological polar surface area (TPSA) is 84.6 Å². The number of nitrogens with zero attached hydrogens (tertiary/aromatic N) is 5. The molecule has 0 spiro atoms. The van der Waals surface area contributed by atoms with Gasteiger partial charge in [-0.3, -0.25) is 14.7 Å². The second kappa shape index (κ2) is 8.18. The molecule has 0 atom stereocenters. The van der Waals surface area contributed by atoms with E-state index in [9.17, 15) is 4.79 Å². The molecule has 1 aliphatic heterocycles. The molecule has 0 bridgehead atoms. The number of hydrogen-bond donors (Lipinski definition) is 0. The molecule has 28 heavy (non-hydrogen) atoms. The minimum absolute atomic E-state index is 0.0233. The zero-order valence-electron chi connectivity index (χ0n) is 15.6. The normalized spacial score (nSPS) is 14.8. The quantitative estimate of drug-likeness (QED) is 0.671. The predicted octanol–water partition coefficient (Wildman–Crippen LogP) is 2.10. The van der Waals surface area contributed by atoms with E-state index in [0.29, 0.717) is 42.7 Å². The molecule has 8 nitrogen and oxygen atoms in total. The number of ether oxygens (including phenoxy) is 1. The van der Waals surface area contributed by atoms with Gasteiger partial charge in [-0.15, -0.1) is 0 Å². The number of carbonyl (C=O) groups is 1. The van der Waals surface area contributed by atoms with Crippen molar-refractivity contribution in [1.82, 2.24) is 24.9 Å². The Hall–Kier alpha value is -3.26. The van der Waals surface area contributed by atoms with E-state index in [-0.39, 0.29) is 5.91 Å². The van der Waals surface area contributed by atoms with E-state index in [2.05, 4.69) is 20.0 Å². The van der Waals surface area contributed by atoms with Crippen LogP contribution in [0.1, 0.15) is 16.2 Å². The van der Waals surface area contributed by atoms with E-state index >= 15 is 0 Å². The van der Waals surface area contributed by atoms with Crippen molar-refractivity contribution >= 4 is 5.91 Å². The number of amides is 1. The van der Waals surface area contributed by atoms with Gasteiger partial charge in [-0.1, -0.05) is 11.2 Å². The molecule has 1 aliphatic rings. The van der Waals surface area contributed by atoms with Crippen molar-refractivity contribution in [2.75, 3.05) is 33.3 Å². The van der Waals surface area contributed by atoms with Crippen LogP contribution < -0.4 is 4.74 Å². The van der Waals surface area contributed by atoms with Crippen molar-refractivity contribution in [2.24, 2.45) is 0 Å². The smallest absolute Gasteiger partial charge is 0.254 e. The van der Waals surface area contributed by atoms with Crippen molar-refractivity contribution in [3.05, 3.63) is 60.2 Å². The largest absolute Gasteiger partial charge is 0.497 e. The Morgan fingerprint density at radius 1 is 1.18 bits per heavy atom. The first-order valence-electron chi connectivity index (χ1n) is 9.11. The lowest BCUT2D eigenvalue weighted by Gasteiger charge is -2.34. The van der Waals surface area contributed by atoms with Gasteiger partial charge in [0.05, 0.1) is 13.7 Å². The van der Waals surface area contributed by atoms with Gasteiger partial charge in [0.1, 0.15) is 5.75 Å². The van der Waals surface area contributed by atoms with Gasteiger partial charge in [-0.25, -0.2) is 0 Å². The predicted molar refractivity (Wildman–Crippen MR) is 102 cm³/mol. The number of rotatable bonds is 5. The molecule has 1 saturated heterocycles. The Balaban J connectivity index is 1.33. The SMILES string of the molecule is COc1cccc(C(=O)N2CCN(Cc3nc(-c4cccnc4)no3)CC2)c1. The highest BCUT2D eigenvalue weighted by Gasteiger charge is 2.23. The van der Waals surface area contributed by atoms with Gasteiger partial charge in [-0.2, -0.15) is 4.98 Å². The molecule has 1 aromatic carbocycles. The Labute approximate surface area is 162 Å². The summed E-state index contributed by atoms with van der Waals surface area (Å²) in [6.07, 6.45) is 3.41. The van der Waals surface area contributed by atoms with Gasteiger partial charge in [0.2, 0.25) is 11.7 Å². The van der Waals surface area contributed by atoms with Crippen LogP contribution in [0.3, 0.4) is 0 Å². The summed E-state index contributed by atoms with van der Waals surface area (Å²) < 4.78 is 10.6. The Bertz CT molecular complexity index is 936. The number of piperazine rings is 1. The van der Waals surface area contributed by atoms with Crippen LogP contribution in [0, 0.1) is 0 Å². The first-order valence-corrected chi connectivity index (χ1v) is 9.11. The molecule has 2 aromatic heterocycles. The third kappa shape index (κ3) is 4.01. The number of carbonyl (C=O) groups excluding carboxylic acids is 1. The molecule has 1 amide bonds. The fraction of sp³-hybridized carbons (Fsp3) is 0.300. The second-order valence-corrected chi connectivity index (χ2v) is 6.55. The highest BCUT2D eigenvalue weighted by atomic mass is 16.5. The summed E-state index contributed by atoms with van der Waals surface area (Å²) in [4.78, 5) is 25.3. The van der Waals surface area contributed by atoms with Crippen LogP contribution in [0.4, 0.5) is 0 Å². The maximum absolute atomic E-state index is 12.7. The van der Waals surface area contributed by atoms with E-state index in [1.165, 1.54) is 0 Å². The Kier molecular flexibility index (Phi) is 5.29. The van der Waals surface area contributed by atoms with Crippen molar-refractivity contribution in [3.63, 3.8) is 0 Å². The van der Waals surface area contributed by atoms with Crippen LogP contribution in [0.5, 0.6) is 5.75 Å². The minimum Gasteiger partial charge on any atom is -0.497 e. The molecule has 0 radical (unpaired) electrons. The van der Waals surface area contributed by atoms with Gasteiger partial charge in [0.15, 0.2) is 0 Å². The van der Waals surface area contributed by atoms with Gasteiger partial charge in [-0.05, 0) is 30.3 Å². The molecular formula is C20H21N5O3. The van der Waals surface area contributed by atoms with Crippen molar-refractivity contribution < 1.29 is 14.1 Å². The van der Waals surface area contributed by atoms with Gasteiger partial charge in [0, 0.05) is 49.7 Å². The van der Waals surface area contributed by atoms with E-state index in [1.807, 2.05) is 35.2 Å². The number of hydrogen-bond acceptors (Lipinski definition) is 7. The monoisotopic (exact) mass is 379 g/mol. The fourth-order valence-corrected chi connectivity index (χ4v) is 3.17. The van der Waals surface area contributed by atoms with Crippen molar-refractivity contribution in [1.29, 1.82) is 0 Å². The van der Waals surface area contributed by atoms with E-state index in [1.54, 1.807) is 25.6 Å². The highest BCUT2D eigenvalue weighted by Crippen LogP contribution is 2.17. The van der Waals surface area contributed by atoms with Gasteiger partial charge >= 0.3 is 0 Å². The van der Waals surface area contributed by atoms with Gasteiger partial charge < -0.3 is 14.2 Å². The fourth-order valence-electron chi connectivity index (χ4n) is 3.17. The number of benzene rings is 1. The zero-order chi connectivity index (χ0) is 19.3. The van der Waals surface area contributed by atoms with Crippen LogP contribution in [-0.2, 0) is 6.54 Å². The summed E-state index contributed by atoms with van der Waals surface area (Å²) in [5.41, 5.74) is 1.47. The Morgan fingerprint density at radius 3 is 2.79 bits per heavy atom. The molecular weight excluding hydrogens is 358 g/mol. The lowest BCUT2D eigenvalue weighted by molar-refractivity contribution is 0.0615. The summed E-state index contributed by atoms with van der Waals surface area (Å²) in [6.45, 7) is 3.37. The van der Waals surface area contributed by atoms with Crippen LogP contribution in [0.15, 0.2) is 53.3 Å². The van der Waals surface area contributed by atoms with Gasteiger partial charge in [0.25, 0.3) is 5.91 Å². The average molecular weight is 379 g/mol. The lowest BCUT2D eigenvalue weighted by Crippen LogP contribution is -2.48. The standard InChI is InChI=1S/C20H21N5O3/c1-27-17-6-2-4-15(12-17)20(26)25-10-8-24(9-11-25)14-18-22-19(23-28-18)16-5-3-7-21-13-16/h2-7,12-13H,8-11,14H2,1H3. The molecule has 8 heteroatoms. The maximum atomic E-state index is 12.7. The van der Waals surface area contributed by atoms with Crippen molar-refractivity contribution in [3.8, 4) is 17.1 Å². The highest BCUT2D eigenvalue weighted by molar-refractivity contribution is 5.94. The molecule has 144 valence electrons. The van der Waals surface area contributed by atoms with Crippen LogP contribution >= 0.6 is 0 Å². The minimum atomic E-state index is 0.0233. The van der Waals surface area contributed by atoms with E-state index in [0.717, 1.165) is 18.7 Å². The molecule has 1 fully saturated rings. The van der Waals surface area contributed by atoms with E-state index in [4.69, 9.17) is 9.26 Å². The summed E-state index contributed by atoms with van der Waals surface area (Å²) in [5.74, 6) is 1.81. The summed E-state index contributed by atoms with van der Waals surface area (Å²) >= 11 is 0. The van der Waals surface area contributed by atoms with Crippen LogP contribution in [-0.4, -0.2) is 64.1 Å². The molecule has 0 unspecified atom stereocenters.